The molecule has 0 aliphatic carbocycles. The van der Waals surface area contributed by atoms with Gasteiger partial charge in [-0.05, 0) is 6.42 Å². The summed E-state index contributed by atoms with van der Waals surface area (Å²) in [6.45, 7) is 1.96. The predicted molar refractivity (Wildman–Crippen MR) is 34.0 cm³/mol. The SMILES string of the molecule is CCCCCS([O])(=O)=O. The van der Waals surface area contributed by atoms with Crippen molar-refractivity contribution < 1.29 is 13.0 Å². The third-order valence-corrected chi connectivity index (χ3v) is 1.79. The molecule has 0 unspecified atom stereocenters. The minimum absolute atomic E-state index is 0.208. The van der Waals surface area contributed by atoms with Crippen molar-refractivity contribution in [2.24, 2.45) is 0 Å². The third-order valence-electron chi connectivity index (χ3n) is 0.998. The average Bonchev–Trinajstić information content (AvgIpc) is 1.63. The molecule has 0 aliphatic rings. The van der Waals surface area contributed by atoms with Gasteiger partial charge in [-0.25, -0.2) is 0 Å². The van der Waals surface area contributed by atoms with E-state index in [1.54, 1.807) is 0 Å². The van der Waals surface area contributed by atoms with Crippen LogP contribution in [-0.4, -0.2) is 14.2 Å². The van der Waals surface area contributed by atoms with Gasteiger partial charge in [-0.3, -0.25) is 0 Å². The zero-order valence-corrected chi connectivity index (χ0v) is 6.28. The molecule has 0 saturated heterocycles. The van der Waals surface area contributed by atoms with Crippen LogP contribution in [0.5, 0.6) is 0 Å². The van der Waals surface area contributed by atoms with Gasteiger partial charge in [-0.1, -0.05) is 24.3 Å². The lowest BCUT2D eigenvalue weighted by atomic mass is 10.3. The van der Waals surface area contributed by atoms with Gasteiger partial charge in [0.2, 0.25) is 0 Å². The van der Waals surface area contributed by atoms with Crippen molar-refractivity contribution in [3.8, 4) is 0 Å². The Bertz CT molecular complexity index is 148. The van der Waals surface area contributed by atoms with E-state index in [4.69, 9.17) is 0 Å². The second kappa shape index (κ2) is 3.85. The Morgan fingerprint density at radius 3 is 2.11 bits per heavy atom. The van der Waals surface area contributed by atoms with Gasteiger partial charge in [0.15, 0.2) is 0 Å². The van der Waals surface area contributed by atoms with Gasteiger partial charge in [-0.2, -0.15) is 8.42 Å². The molecule has 9 heavy (non-hydrogen) atoms. The molecular formula is C5H11O3S. The zero-order chi connectivity index (χ0) is 7.33. The first-order valence-corrected chi connectivity index (χ1v) is 4.57. The molecule has 0 spiro atoms. The Labute approximate surface area is 55.8 Å². The van der Waals surface area contributed by atoms with Gasteiger partial charge in [0.25, 0.3) is 10.1 Å². The summed E-state index contributed by atoms with van der Waals surface area (Å²) in [6, 6.07) is 0. The van der Waals surface area contributed by atoms with Gasteiger partial charge in [-0.15, -0.1) is 0 Å². The molecule has 0 heterocycles. The highest BCUT2D eigenvalue weighted by molar-refractivity contribution is 7.85. The molecule has 3 nitrogen and oxygen atoms in total. The van der Waals surface area contributed by atoms with Crippen LogP contribution < -0.4 is 0 Å². The van der Waals surface area contributed by atoms with Crippen molar-refractivity contribution in [1.29, 1.82) is 0 Å². The molecule has 4 heteroatoms. The molecule has 0 rings (SSSR count). The number of rotatable bonds is 4. The Hall–Kier alpha value is -0.0900. The van der Waals surface area contributed by atoms with Crippen LogP contribution in [-0.2, 0) is 14.7 Å². The van der Waals surface area contributed by atoms with Crippen molar-refractivity contribution >= 4 is 10.1 Å². The minimum Gasteiger partial charge on any atom is -0.197 e. The molecule has 0 fully saturated rings. The smallest absolute Gasteiger partial charge is 0.197 e. The van der Waals surface area contributed by atoms with E-state index in [1.807, 2.05) is 6.92 Å². The van der Waals surface area contributed by atoms with E-state index < -0.39 is 10.1 Å². The first kappa shape index (κ1) is 8.91. The van der Waals surface area contributed by atoms with Gasteiger partial charge >= 0.3 is 0 Å². The summed E-state index contributed by atoms with van der Waals surface area (Å²) in [4.78, 5) is 0. The van der Waals surface area contributed by atoms with Crippen molar-refractivity contribution in [2.45, 2.75) is 26.2 Å². The van der Waals surface area contributed by atoms with Crippen LogP contribution in [0.4, 0.5) is 0 Å². The summed E-state index contributed by atoms with van der Waals surface area (Å²) in [6.07, 6.45) is 2.26. The van der Waals surface area contributed by atoms with Crippen molar-refractivity contribution in [2.75, 3.05) is 5.75 Å². The van der Waals surface area contributed by atoms with Gasteiger partial charge in [0.05, 0.1) is 5.75 Å². The molecule has 0 bridgehead atoms. The molecule has 0 amide bonds. The van der Waals surface area contributed by atoms with Crippen LogP contribution in [0.1, 0.15) is 26.2 Å². The summed E-state index contributed by atoms with van der Waals surface area (Å²) < 4.78 is 29.9. The van der Waals surface area contributed by atoms with Crippen LogP contribution in [0.3, 0.4) is 0 Å². The molecule has 0 atom stereocenters. The largest absolute Gasteiger partial charge is 0.294 e. The van der Waals surface area contributed by atoms with Crippen LogP contribution in [0, 0.1) is 0 Å². The lowest BCUT2D eigenvalue weighted by Gasteiger charge is -1.91. The van der Waals surface area contributed by atoms with E-state index in [0.29, 0.717) is 6.42 Å². The summed E-state index contributed by atoms with van der Waals surface area (Å²) in [5, 5.41) is 0. The highest BCUT2D eigenvalue weighted by atomic mass is 32.2. The molecule has 0 N–H and O–H groups in total. The lowest BCUT2D eigenvalue weighted by Crippen LogP contribution is -2.01. The van der Waals surface area contributed by atoms with Gasteiger partial charge in [0, 0.05) is 0 Å². The summed E-state index contributed by atoms with van der Waals surface area (Å²) in [5.74, 6) is -0.208. The number of hydrogen-bond donors (Lipinski definition) is 0. The third kappa shape index (κ3) is 7.91. The van der Waals surface area contributed by atoms with E-state index in [9.17, 15) is 13.0 Å². The molecule has 0 aromatic carbocycles. The summed E-state index contributed by atoms with van der Waals surface area (Å²) in [5.41, 5.74) is 0. The number of hydrogen-bond acceptors (Lipinski definition) is 2. The molecular weight excluding hydrogens is 140 g/mol. The lowest BCUT2D eigenvalue weighted by molar-refractivity contribution is 0.412. The molecule has 55 valence electrons. The normalized spacial score (nSPS) is 11.8. The van der Waals surface area contributed by atoms with Crippen molar-refractivity contribution in [3.05, 3.63) is 0 Å². The zero-order valence-electron chi connectivity index (χ0n) is 5.46. The van der Waals surface area contributed by atoms with E-state index in [0.717, 1.165) is 12.8 Å². The van der Waals surface area contributed by atoms with E-state index in [-0.39, 0.29) is 5.75 Å². The monoisotopic (exact) mass is 151 g/mol. The second-order valence-electron chi connectivity index (χ2n) is 1.97. The van der Waals surface area contributed by atoms with Crippen LogP contribution in [0.15, 0.2) is 0 Å². The summed E-state index contributed by atoms with van der Waals surface area (Å²) in [7, 11) is -3.95. The molecule has 0 aromatic heterocycles. The van der Waals surface area contributed by atoms with Gasteiger partial charge < -0.3 is 0 Å². The second-order valence-corrected chi connectivity index (χ2v) is 3.49. The molecule has 0 aliphatic heterocycles. The fourth-order valence-corrected chi connectivity index (χ4v) is 1.09. The Morgan fingerprint density at radius 2 is 1.78 bits per heavy atom. The minimum atomic E-state index is -3.95. The van der Waals surface area contributed by atoms with E-state index >= 15 is 0 Å². The molecule has 1 radical (unpaired) electrons. The Morgan fingerprint density at radius 1 is 1.22 bits per heavy atom. The Balaban J connectivity index is 3.30. The maximum absolute atomic E-state index is 9.95. The van der Waals surface area contributed by atoms with Gasteiger partial charge in [0.1, 0.15) is 0 Å². The molecule has 0 aromatic rings. The summed E-state index contributed by atoms with van der Waals surface area (Å²) >= 11 is 0. The highest BCUT2D eigenvalue weighted by Crippen LogP contribution is 1.96. The predicted octanol–water partition coefficient (Wildman–Crippen LogP) is 0.937. The van der Waals surface area contributed by atoms with Crippen molar-refractivity contribution in [1.82, 2.24) is 0 Å². The molecule has 0 saturated carbocycles. The van der Waals surface area contributed by atoms with Crippen molar-refractivity contribution in [3.63, 3.8) is 0 Å². The van der Waals surface area contributed by atoms with E-state index in [1.165, 1.54) is 0 Å². The maximum atomic E-state index is 9.95. The average molecular weight is 151 g/mol. The highest BCUT2D eigenvalue weighted by Gasteiger charge is 2.03. The standard InChI is InChI=1S/C5H11O3S/c1-2-3-4-5-9(6,7)8/h2-5H2,1H3. The topological polar surface area (TPSA) is 54.0 Å². The number of unbranched alkanes of at least 4 members (excludes halogenated alkanes) is 2. The van der Waals surface area contributed by atoms with E-state index in [2.05, 4.69) is 0 Å². The van der Waals surface area contributed by atoms with Crippen LogP contribution in [0.25, 0.3) is 0 Å². The van der Waals surface area contributed by atoms with Crippen LogP contribution in [0.2, 0.25) is 0 Å². The Kier molecular flexibility index (Phi) is 3.81. The maximum Gasteiger partial charge on any atom is 0.294 e. The fourth-order valence-electron chi connectivity index (χ4n) is 0.529. The fraction of sp³-hybridized carbons (Fsp3) is 1.00. The first-order valence-electron chi connectivity index (χ1n) is 3.00. The quantitative estimate of drug-likeness (QED) is 0.561. The first-order chi connectivity index (χ1) is 4.06. The van der Waals surface area contributed by atoms with Crippen LogP contribution >= 0.6 is 0 Å².